The quantitative estimate of drug-likeness (QED) is 0.742. The van der Waals surface area contributed by atoms with Crippen LogP contribution in [0.2, 0.25) is 10.0 Å². The summed E-state index contributed by atoms with van der Waals surface area (Å²) < 4.78 is 0. The van der Waals surface area contributed by atoms with Gasteiger partial charge < -0.3 is 16.2 Å². The van der Waals surface area contributed by atoms with Crippen molar-refractivity contribution in [3.63, 3.8) is 0 Å². The van der Waals surface area contributed by atoms with Gasteiger partial charge in [-0.3, -0.25) is 0 Å². The zero-order chi connectivity index (χ0) is 11.3. The van der Waals surface area contributed by atoms with E-state index in [1.807, 2.05) is 0 Å². The molecular weight excluding hydrogens is 235 g/mol. The molecule has 1 unspecified atom stereocenters. The number of nitrogens with one attached hydrogen (secondary N) is 1. The van der Waals surface area contributed by atoms with Crippen molar-refractivity contribution in [3.8, 4) is 0 Å². The van der Waals surface area contributed by atoms with Crippen LogP contribution in [0, 0.1) is 0 Å². The molecule has 0 heterocycles. The Bertz CT molecular complexity index is 300. The van der Waals surface area contributed by atoms with E-state index >= 15 is 0 Å². The van der Waals surface area contributed by atoms with Crippen LogP contribution in [-0.4, -0.2) is 24.8 Å². The van der Waals surface area contributed by atoms with Gasteiger partial charge in [-0.25, -0.2) is 0 Å². The molecule has 0 spiro atoms. The topological polar surface area (TPSA) is 58.3 Å². The third-order valence-corrected chi connectivity index (χ3v) is 2.75. The molecule has 4 N–H and O–H groups in total. The summed E-state index contributed by atoms with van der Waals surface area (Å²) >= 11 is 12.1. The molecule has 0 fully saturated rings. The smallest absolute Gasteiger partial charge is 0.0556 e. The third kappa shape index (κ3) is 3.33. The molecule has 1 aromatic carbocycles. The minimum Gasteiger partial charge on any atom is -0.395 e. The van der Waals surface area contributed by atoms with E-state index in [-0.39, 0.29) is 12.6 Å². The van der Waals surface area contributed by atoms with Crippen molar-refractivity contribution in [3.05, 3.63) is 33.8 Å². The summed E-state index contributed by atoms with van der Waals surface area (Å²) in [6.45, 7) is 0.894. The van der Waals surface area contributed by atoms with Crippen LogP contribution in [0.4, 0.5) is 0 Å². The number of hydrogen-bond acceptors (Lipinski definition) is 3. The van der Waals surface area contributed by atoms with Crippen LogP contribution in [0.1, 0.15) is 11.6 Å². The minimum atomic E-state index is -0.127. The molecule has 0 radical (unpaired) electrons. The van der Waals surface area contributed by atoms with Crippen molar-refractivity contribution < 1.29 is 5.11 Å². The van der Waals surface area contributed by atoms with Crippen LogP contribution in [0.15, 0.2) is 18.2 Å². The summed E-state index contributed by atoms with van der Waals surface area (Å²) in [4.78, 5) is 0. The Hall–Kier alpha value is -0.320. The lowest BCUT2D eigenvalue weighted by Gasteiger charge is -2.19. The Balaban J connectivity index is 2.90. The summed E-state index contributed by atoms with van der Waals surface area (Å²) in [5.41, 5.74) is 6.41. The highest BCUT2D eigenvalue weighted by atomic mass is 35.5. The highest BCUT2D eigenvalue weighted by Gasteiger charge is 2.15. The molecule has 0 aliphatic heterocycles. The molecule has 0 amide bonds. The van der Waals surface area contributed by atoms with E-state index in [1.54, 1.807) is 18.2 Å². The number of nitrogens with two attached hydrogens (primary N) is 1. The molecule has 1 rings (SSSR count). The first kappa shape index (κ1) is 12.7. The van der Waals surface area contributed by atoms with Gasteiger partial charge >= 0.3 is 0 Å². The predicted octanol–water partition coefficient (Wildman–Crippen LogP) is 1.58. The van der Waals surface area contributed by atoms with E-state index in [0.29, 0.717) is 23.1 Å². The Morgan fingerprint density at radius 1 is 1.33 bits per heavy atom. The Morgan fingerprint density at radius 3 is 2.40 bits per heavy atom. The molecule has 3 nitrogen and oxygen atoms in total. The Labute approximate surface area is 99.2 Å². The molecule has 0 aromatic heterocycles. The van der Waals surface area contributed by atoms with Gasteiger partial charge in [0.15, 0.2) is 0 Å². The number of aliphatic hydroxyl groups excluding tert-OH is 1. The second-order valence-electron chi connectivity index (χ2n) is 3.10. The number of aliphatic hydroxyl groups is 1. The molecule has 15 heavy (non-hydrogen) atoms. The highest BCUT2D eigenvalue weighted by Crippen LogP contribution is 2.29. The number of rotatable bonds is 5. The highest BCUT2D eigenvalue weighted by molar-refractivity contribution is 6.36. The fourth-order valence-corrected chi connectivity index (χ4v) is 2.05. The third-order valence-electron chi connectivity index (χ3n) is 2.09. The van der Waals surface area contributed by atoms with E-state index in [2.05, 4.69) is 5.32 Å². The summed E-state index contributed by atoms with van der Waals surface area (Å²) in [6, 6.07) is 5.20. The number of benzene rings is 1. The molecule has 1 aromatic rings. The van der Waals surface area contributed by atoms with Gasteiger partial charge in [0, 0.05) is 34.7 Å². The zero-order valence-electron chi connectivity index (χ0n) is 8.21. The molecule has 0 saturated carbocycles. The van der Waals surface area contributed by atoms with E-state index in [1.165, 1.54) is 0 Å². The molecule has 0 aliphatic carbocycles. The van der Waals surface area contributed by atoms with Gasteiger partial charge in [0.25, 0.3) is 0 Å². The number of halogens is 2. The van der Waals surface area contributed by atoms with E-state index in [4.69, 9.17) is 34.0 Å². The summed E-state index contributed by atoms with van der Waals surface area (Å²) in [5.74, 6) is 0. The van der Waals surface area contributed by atoms with E-state index in [0.717, 1.165) is 5.56 Å². The van der Waals surface area contributed by atoms with Crippen molar-refractivity contribution in [2.24, 2.45) is 5.73 Å². The first-order chi connectivity index (χ1) is 7.20. The second-order valence-corrected chi connectivity index (χ2v) is 3.92. The number of hydrogen-bond donors (Lipinski definition) is 3. The fourth-order valence-electron chi connectivity index (χ4n) is 1.39. The van der Waals surface area contributed by atoms with Crippen molar-refractivity contribution in [2.75, 3.05) is 19.7 Å². The van der Waals surface area contributed by atoms with Crippen LogP contribution in [-0.2, 0) is 0 Å². The lowest BCUT2D eigenvalue weighted by atomic mass is 10.1. The molecule has 84 valence electrons. The minimum absolute atomic E-state index is 0.0541. The molecule has 0 saturated heterocycles. The standard InChI is InChI=1S/C10H14Cl2N2O/c11-7-2-1-3-8(12)10(7)9(6-13)14-4-5-15/h1-3,9,14-15H,4-6,13H2. The normalized spacial score (nSPS) is 12.8. The first-order valence-electron chi connectivity index (χ1n) is 4.69. The van der Waals surface area contributed by atoms with Gasteiger partial charge in [-0.2, -0.15) is 0 Å². The molecule has 1 atom stereocenters. The van der Waals surface area contributed by atoms with Crippen molar-refractivity contribution >= 4 is 23.2 Å². The largest absolute Gasteiger partial charge is 0.395 e. The van der Waals surface area contributed by atoms with Crippen LogP contribution in [0.3, 0.4) is 0 Å². The maximum atomic E-state index is 8.73. The van der Waals surface area contributed by atoms with Crippen molar-refractivity contribution in [1.29, 1.82) is 0 Å². The fraction of sp³-hybridized carbons (Fsp3) is 0.400. The van der Waals surface area contributed by atoms with Gasteiger partial charge in [0.05, 0.1) is 6.61 Å². The van der Waals surface area contributed by atoms with Crippen molar-refractivity contribution in [2.45, 2.75) is 6.04 Å². The Kier molecular flexibility index (Phi) is 5.36. The second kappa shape index (κ2) is 6.30. The SMILES string of the molecule is NCC(NCCO)c1c(Cl)cccc1Cl. The predicted molar refractivity (Wildman–Crippen MR) is 63.3 cm³/mol. The molecule has 0 aliphatic rings. The van der Waals surface area contributed by atoms with E-state index < -0.39 is 0 Å². The monoisotopic (exact) mass is 248 g/mol. The van der Waals surface area contributed by atoms with E-state index in [9.17, 15) is 0 Å². The maximum absolute atomic E-state index is 8.73. The lowest BCUT2D eigenvalue weighted by Crippen LogP contribution is -2.30. The van der Waals surface area contributed by atoms with Crippen LogP contribution < -0.4 is 11.1 Å². The maximum Gasteiger partial charge on any atom is 0.0556 e. The van der Waals surface area contributed by atoms with Gasteiger partial charge in [0.1, 0.15) is 0 Å². The lowest BCUT2D eigenvalue weighted by molar-refractivity contribution is 0.285. The molecule has 0 bridgehead atoms. The van der Waals surface area contributed by atoms with Crippen LogP contribution >= 0.6 is 23.2 Å². The van der Waals surface area contributed by atoms with Crippen molar-refractivity contribution in [1.82, 2.24) is 5.32 Å². The van der Waals surface area contributed by atoms with Crippen LogP contribution in [0.25, 0.3) is 0 Å². The Morgan fingerprint density at radius 2 is 1.93 bits per heavy atom. The average Bonchev–Trinajstić information content (AvgIpc) is 2.22. The first-order valence-corrected chi connectivity index (χ1v) is 5.44. The summed E-state index contributed by atoms with van der Waals surface area (Å²) in [7, 11) is 0. The summed E-state index contributed by atoms with van der Waals surface area (Å²) in [5, 5.41) is 13.0. The zero-order valence-corrected chi connectivity index (χ0v) is 9.72. The average molecular weight is 249 g/mol. The van der Waals surface area contributed by atoms with Crippen LogP contribution in [0.5, 0.6) is 0 Å². The van der Waals surface area contributed by atoms with Gasteiger partial charge in [-0.15, -0.1) is 0 Å². The van der Waals surface area contributed by atoms with Gasteiger partial charge in [-0.05, 0) is 12.1 Å². The molecular formula is C10H14Cl2N2O. The molecule has 5 heteroatoms. The van der Waals surface area contributed by atoms with Gasteiger partial charge in [0.2, 0.25) is 0 Å². The van der Waals surface area contributed by atoms with Gasteiger partial charge in [-0.1, -0.05) is 29.3 Å². The summed E-state index contributed by atoms with van der Waals surface area (Å²) in [6.07, 6.45) is 0.